The molecule has 0 aliphatic carbocycles. The summed E-state index contributed by atoms with van der Waals surface area (Å²) in [5, 5.41) is 0. The molecular formula is C11H23. The molecule has 0 bridgehead atoms. The normalized spacial score (nSPS) is 13.4. The molecule has 0 aromatic carbocycles. The summed E-state index contributed by atoms with van der Waals surface area (Å²) in [6.07, 6.45) is 9.41. The van der Waals surface area contributed by atoms with E-state index in [4.69, 9.17) is 0 Å². The van der Waals surface area contributed by atoms with Crippen LogP contribution in [0.5, 0.6) is 0 Å². The molecule has 0 heterocycles. The summed E-state index contributed by atoms with van der Waals surface area (Å²) in [5.74, 6) is 0.909. The number of hydrogen-bond donors (Lipinski definition) is 0. The van der Waals surface area contributed by atoms with E-state index in [1.807, 2.05) is 0 Å². The van der Waals surface area contributed by atoms with Gasteiger partial charge in [0.2, 0.25) is 0 Å². The van der Waals surface area contributed by atoms with Gasteiger partial charge in [0.15, 0.2) is 0 Å². The highest BCUT2D eigenvalue weighted by molar-refractivity contribution is 4.59. The van der Waals surface area contributed by atoms with Gasteiger partial charge in [-0.25, -0.2) is 0 Å². The molecule has 0 saturated carbocycles. The first-order valence-corrected chi connectivity index (χ1v) is 5.14. The summed E-state index contributed by atoms with van der Waals surface area (Å²) in [7, 11) is 0. The molecule has 1 atom stereocenters. The molecule has 11 heavy (non-hydrogen) atoms. The second kappa shape index (κ2) is 8.10. The average molecular weight is 155 g/mol. The number of unbranched alkanes of at least 4 members (excludes halogenated alkanes) is 2. The van der Waals surface area contributed by atoms with Crippen LogP contribution in [-0.4, -0.2) is 0 Å². The molecule has 0 amide bonds. The van der Waals surface area contributed by atoms with Gasteiger partial charge in [-0.1, -0.05) is 65.7 Å². The second-order valence-electron chi connectivity index (χ2n) is 3.44. The Kier molecular flexibility index (Phi) is 8.10. The fourth-order valence-electron chi connectivity index (χ4n) is 1.52. The SMILES string of the molecule is [CH2]CC(CCC)CCCCC. The molecule has 67 valence electrons. The Morgan fingerprint density at radius 3 is 2.18 bits per heavy atom. The molecule has 0 aliphatic heterocycles. The third-order valence-corrected chi connectivity index (χ3v) is 2.32. The Morgan fingerprint density at radius 1 is 1.00 bits per heavy atom. The smallest absolute Gasteiger partial charge is 0.0414 e. The Bertz CT molecular complexity index is 66.4. The minimum absolute atomic E-state index is 0.909. The topological polar surface area (TPSA) is 0 Å². The van der Waals surface area contributed by atoms with Crippen molar-refractivity contribution in [3.63, 3.8) is 0 Å². The lowest BCUT2D eigenvalue weighted by Gasteiger charge is -2.12. The molecule has 1 radical (unpaired) electrons. The van der Waals surface area contributed by atoms with Gasteiger partial charge < -0.3 is 0 Å². The van der Waals surface area contributed by atoms with Crippen molar-refractivity contribution in [3.05, 3.63) is 6.92 Å². The zero-order valence-corrected chi connectivity index (χ0v) is 8.23. The van der Waals surface area contributed by atoms with Gasteiger partial charge in [0.25, 0.3) is 0 Å². The van der Waals surface area contributed by atoms with E-state index in [9.17, 15) is 0 Å². The fourth-order valence-corrected chi connectivity index (χ4v) is 1.52. The fraction of sp³-hybridized carbons (Fsp3) is 0.909. The van der Waals surface area contributed by atoms with Gasteiger partial charge in [-0.15, -0.1) is 0 Å². The standard InChI is InChI=1S/C11H23/c1-4-7-8-10-11(6-3)9-5-2/h11H,3-10H2,1-2H3. The highest BCUT2D eigenvalue weighted by atomic mass is 14.1. The summed E-state index contributed by atoms with van der Waals surface area (Å²) < 4.78 is 0. The van der Waals surface area contributed by atoms with Crippen molar-refractivity contribution >= 4 is 0 Å². The quantitative estimate of drug-likeness (QED) is 0.483. The largest absolute Gasteiger partial charge is 0.0654 e. The van der Waals surface area contributed by atoms with Crippen LogP contribution >= 0.6 is 0 Å². The number of hydrogen-bond acceptors (Lipinski definition) is 0. The predicted molar refractivity (Wildman–Crippen MR) is 52.5 cm³/mol. The molecule has 0 saturated heterocycles. The Balaban J connectivity index is 3.20. The Labute approximate surface area is 72.4 Å². The van der Waals surface area contributed by atoms with E-state index in [1.165, 1.54) is 38.5 Å². The molecule has 0 aromatic heterocycles. The Morgan fingerprint density at radius 2 is 1.73 bits per heavy atom. The van der Waals surface area contributed by atoms with E-state index < -0.39 is 0 Å². The van der Waals surface area contributed by atoms with Gasteiger partial charge in [-0.3, -0.25) is 0 Å². The van der Waals surface area contributed by atoms with Gasteiger partial charge in [0.1, 0.15) is 0 Å². The Hall–Kier alpha value is 0. The average Bonchev–Trinajstić information content (AvgIpc) is 2.03. The van der Waals surface area contributed by atoms with Crippen LogP contribution < -0.4 is 0 Å². The van der Waals surface area contributed by atoms with Gasteiger partial charge in [-0.05, 0) is 5.92 Å². The van der Waals surface area contributed by atoms with E-state index in [0.717, 1.165) is 12.3 Å². The summed E-state index contributed by atoms with van der Waals surface area (Å²) in [5.41, 5.74) is 0. The van der Waals surface area contributed by atoms with Crippen LogP contribution in [-0.2, 0) is 0 Å². The van der Waals surface area contributed by atoms with Crippen molar-refractivity contribution < 1.29 is 0 Å². The van der Waals surface area contributed by atoms with Gasteiger partial charge in [-0.2, -0.15) is 0 Å². The first-order valence-electron chi connectivity index (χ1n) is 5.14. The van der Waals surface area contributed by atoms with E-state index in [0.29, 0.717) is 0 Å². The summed E-state index contributed by atoms with van der Waals surface area (Å²) in [6.45, 7) is 8.51. The van der Waals surface area contributed by atoms with E-state index in [2.05, 4.69) is 20.8 Å². The predicted octanol–water partition coefficient (Wildman–Crippen LogP) is 4.21. The van der Waals surface area contributed by atoms with Crippen LogP contribution in [0.15, 0.2) is 0 Å². The lowest BCUT2D eigenvalue weighted by Crippen LogP contribution is -1.97. The van der Waals surface area contributed by atoms with Crippen molar-refractivity contribution in [1.29, 1.82) is 0 Å². The molecule has 0 heteroatoms. The minimum atomic E-state index is 0.909. The molecule has 0 aromatic rings. The third kappa shape index (κ3) is 6.40. The molecule has 0 nitrogen and oxygen atoms in total. The minimum Gasteiger partial charge on any atom is -0.0654 e. The molecule has 0 N–H and O–H groups in total. The van der Waals surface area contributed by atoms with Crippen molar-refractivity contribution in [1.82, 2.24) is 0 Å². The van der Waals surface area contributed by atoms with Crippen LogP contribution in [0.2, 0.25) is 0 Å². The zero-order chi connectivity index (χ0) is 8.53. The van der Waals surface area contributed by atoms with Crippen molar-refractivity contribution in [2.24, 2.45) is 5.92 Å². The van der Waals surface area contributed by atoms with Crippen molar-refractivity contribution in [2.75, 3.05) is 0 Å². The maximum Gasteiger partial charge on any atom is -0.0414 e. The molecular weight excluding hydrogens is 132 g/mol. The van der Waals surface area contributed by atoms with Crippen LogP contribution in [0.3, 0.4) is 0 Å². The molecule has 0 spiro atoms. The van der Waals surface area contributed by atoms with Crippen LogP contribution in [0.25, 0.3) is 0 Å². The molecule has 0 aliphatic rings. The number of rotatable bonds is 7. The lowest BCUT2D eigenvalue weighted by atomic mass is 9.94. The maximum atomic E-state index is 3.98. The van der Waals surface area contributed by atoms with Gasteiger partial charge >= 0.3 is 0 Å². The van der Waals surface area contributed by atoms with Crippen LogP contribution in [0.4, 0.5) is 0 Å². The first-order chi connectivity index (χ1) is 5.35. The monoisotopic (exact) mass is 155 g/mol. The third-order valence-electron chi connectivity index (χ3n) is 2.32. The van der Waals surface area contributed by atoms with Crippen LogP contribution in [0.1, 0.15) is 58.8 Å². The lowest BCUT2D eigenvalue weighted by molar-refractivity contribution is 0.427. The van der Waals surface area contributed by atoms with E-state index >= 15 is 0 Å². The van der Waals surface area contributed by atoms with Gasteiger partial charge in [0.05, 0.1) is 0 Å². The zero-order valence-electron chi connectivity index (χ0n) is 8.23. The van der Waals surface area contributed by atoms with Crippen molar-refractivity contribution in [2.45, 2.75) is 58.8 Å². The van der Waals surface area contributed by atoms with Gasteiger partial charge in [0, 0.05) is 0 Å². The summed E-state index contributed by atoms with van der Waals surface area (Å²) in [6, 6.07) is 0. The van der Waals surface area contributed by atoms with Crippen LogP contribution in [0, 0.1) is 12.8 Å². The van der Waals surface area contributed by atoms with E-state index in [-0.39, 0.29) is 0 Å². The summed E-state index contributed by atoms with van der Waals surface area (Å²) in [4.78, 5) is 0. The first kappa shape index (κ1) is 11.0. The molecule has 0 fully saturated rings. The highest BCUT2D eigenvalue weighted by Crippen LogP contribution is 2.18. The highest BCUT2D eigenvalue weighted by Gasteiger charge is 2.03. The van der Waals surface area contributed by atoms with E-state index in [1.54, 1.807) is 0 Å². The molecule has 0 rings (SSSR count). The summed E-state index contributed by atoms with van der Waals surface area (Å²) >= 11 is 0. The maximum absolute atomic E-state index is 3.98. The second-order valence-corrected chi connectivity index (χ2v) is 3.44. The van der Waals surface area contributed by atoms with Crippen molar-refractivity contribution in [3.8, 4) is 0 Å². The molecule has 1 unspecified atom stereocenters.